The predicted octanol–water partition coefficient (Wildman–Crippen LogP) is 1.44. The number of nitrogens with zero attached hydrogens (tertiary/aromatic N) is 2. The van der Waals surface area contributed by atoms with Crippen molar-refractivity contribution in [2.45, 2.75) is 56.9 Å². The minimum atomic E-state index is -0.701. The molecule has 0 radical (unpaired) electrons. The molecule has 5 rings (SSSR count). The van der Waals surface area contributed by atoms with E-state index in [1.807, 2.05) is 6.20 Å². The molecule has 0 saturated heterocycles. The number of nitrogens with one attached hydrogen (secondary N) is 1. The average Bonchev–Trinajstić information content (AvgIpc) is 3.47. The summed E-state index contributed by atoms with van der Waals surface area (Å²) in [6.45, 7) is 0. The minimum Gasteiger partial charge on any atom is -0.481 e. The molecule has 126 valence electrons. The molecule has 0 bridgehead atoms. The number of carboxylic acid groups (broad SMARTS) is 1. The van der Waals surface area contributed by atoms with Gasteiger partial charge in [-0.3, -0.25) is 9.59 Å². The van der Waals surface area contributed by atoms with Gasteiger partial charge >= 0.3 is 5.97 Å². The number of amides is 1. The summed E-state index contributed by atoms with van der Waals surface area (Å²) in [6.07, 6.45) is 7.98. The van der Waals surface area contributed by atoms with Crippen LogP contribution in [0.5, 0.6) is 0 Å². The van der Waals surface area contributed by atoms with Crippen molar-refractivity contribution in [2.75, 3.05) is 0 Å². The first-order chi connectivity index (χ1) is 11.6. The van der Waals surface area contributed by atoms with Gasteiger partial charge in [-0.2, -0.15) is 0 Å². The van der Waals surface area contributed by atoms with E-state index in [0.29, 0.717) is 18.8 Å². The predicted molar refractivity (Wildman–Crippen MR) is 84.2 cm³/mol. The Morgan fingerprint density at radius 2 is 2.08 bits per heavy atom. The van der Waals surface area contributed by atoms with Crippen molar-refractivity contribution in [1.29, 1.82) is 0 Å². The summed E-state index contributed by atoms with van der Waals surface area (Å²) in [4.78, 5) is 32.9. The van der Waals surface area contributed by atoms with Gasteiger partial charge in [0, 0.05) is 29.8 Å². The molecule has 0 aliphatic heterocycles. The van der Waals surface area contributed by atoms with Crippen LogP contribution in [0.4, 0.5) is 0 Å². The quantitative estimate of drug-likeness (QED) is 0.873. The number of hydrogen-bond acceptors (Lipinski definition) is 4. The normalized spacial score (nSPS) is 36.1. The summed E-state index contributed by atoms with van der Waals surface area (Å²) in [7, 11) is 0. The maximum Gasteiger partial charge on any atom is 0.310 e. The van der Waals surface area contributed by atoms with Crippen molar-refractivity contribution in [3.05, 3.63) is 23.3 Å². The van der Waals surface area contributed by atoms with Crippen molar-refractivity contribution in [3.63, 3.8) is 0 Å². The summed E-state index contributed by atoms with van der Waals surface area (Å²) < 4.78 is 0. The largest absolute Gasteiger partial charge is 0.481 e. The fourth-order valence-corrected chi connectivity index (χ4v) is 4.54. The molecule has 1 aromatic heterocycles. The molecule has 4 aliphatic rings. The van der Waals surface area contributed by atoms with Gasteiger partial charge in [-0.15, -0.1) is 0 Å². The fraction of sp³-hybridized carbons (Fsp3) is 0.667. The lowest BCUT2D eigenvalue weighted by molar-refractivity contribution is -0.148. The first kappa shape index (κ1) is 14.4. The van der Waals surface area contributed by atoms with E-state index in [2.05, 4.69) is 10.3 Å². The first-order valence-electron chi connectivity index (χ1n) is 8.95. The summed E-state index contributed by atoms with van der Waals surface area (Å²) in [5.74, 6) is 1.02. The standard InChI is InChI=1S/C18H21N3O3/c22-16(21-14-7-18(17(23)24)6-12(14)18)10-3-4-13-11(5-10)8-19-15(20-13)9-1-2-9/h8-10,12,14H,1-7H2,(H,21,22)(H,23,24)/t10?,12-,14+,18-/m0/s1. The van der Waals surface area contributed by atoms with E-state index in [-0.39, 0.29) is 23.8 Å². The molecule has 4 atom stereocenters. The number of rotatable bonds is 4. The minimum absolute atomic E-state index is 0.0357. The third-order valence-corrected chi connectivity index (χ3v) is 6.44. The van der Waals surface area contributed by atoms with Gasteiger partial charge in [0.2, 0.25) is 5.91 Å². The fourth-order valence-electron chi connectivity index (χ4n) is 4.54. The summed E-state index contributed by atoms with van der Waals surface area (Å²) in [5.41, 5.74) is 1.71. The van der Waals surface area contributed by atoms with E-state index in [1.165, 1.54) is 12.8 Å². The molecule has 2 N–H and O–H groups in total. The zero-order chi connectivity index (χ0) is 16.5. The van der Waals surface area contributed by atoms with Crippen LogP contribution in [0.15, 0.2) is 6.20 Å². The molecule has 6 heteroatoms. The number of aryl methyl sites for hydroxylation is 1. The molecule has 4 aliphatic carbocycles. The van der Waals surface area contributed by atoms with Crippen LogP contribution in [0.2, 0.25) is 0 Å². The monoisotopic (exact) mass is 327 g/mol. The maximum absolute atomic E-state index is 12.5. The number of hydrogen-bond donors (Lipinski definition) is 2. The lowest BCUT2D eigenvalue weighted by Crippen LogP contribution is -2.50. The van der Waals surface area contributed by atoms with Gasteiger partial charge in [-0.1, -0.05) is 0 Å². The Balaban J connectivity index is 1.21. The molecular weight excluding hydrogens is 306 g/mol. The van der Waals surface area contributed by atoms with Crippen LogP contribution in [-0.4, -0.2) is 33.0 Å². The van der Waals surface area contributed by atoms with Gasteiger partial charge in [0.25, 0.3) is 0 Å². The van der Waals surface area contributed by atoms with Crippen LogP contribution < -0.4 is 5.32 Å². The van der Waals surface area contributed by atoms with Gasteiger partial charge in [0.1, 0.15) is 5.82 Å². The van der Waals surface area contributed by atoms with E-state index in [4.69, 9.17) is 4.98 Å². The molecule has 0 spiro atoms. The highest BCUT2D eigenvalue weighted by atomic mass is 16.4. The van der Waals surface area contributed by atoms with Crippen LogP contribution in [0.3, 0.4) is 0 Å². The lowest BCUT2D eigenvalue weighted by Gasteiger charge is -2.34. The zero-order valence-electron chi connectivity index (χ0n) is 13.5. The zero-order valence-corrected chi connectivity index (χ0v) is 13.5. The van der Waals surface area contributed by atoms with E-state index < -0.39 is 11.4 Å². The van der Waals surface area contributed by atoms with E-state index >= 15 is 0 Å². The Morgan fingerprint density at radius 3 is 2.75 bits per heavy atom. The molecule has 3 saturated carbocycles. The van der Waals surface area contributed by atoms with Crippen LogP contribution in [0.1, 0.15) is 55.1 Å². The smallest absolute Gasteiger partial charge is 0.310 e. The summed E-state index contributed by atoms with van der Waals surface area (Å²) >= 11 is 0. The highest BCUT2D eigenvalue weighted by Crippen LogP contribution is 2.67. The third-order valence-electron chi connectivity index (χ3n) is 6.44. The second-order valence-corrected chi connectivity index (χ2v) is 8.01. The number of carbonyl (C=O) groups is 2. The number of carboxylic acids is 1. The maximum atomic E-state index is 12.5. The van der Waals surface area contributed by atoms with Crippen LogP contribution in [0, 0.1) is 17.3 Å². The van der Waals surface area contributed by atoms with Gasteiger partial charge in [-0.05, 0) is 56.4 Å². The number of aliphatic carboxylic acids is 1. The highest BCUT2D eigenvalue weighted by Gasteiger charge is 2.72. The molecule has 3 fully saturated rings. The van der Waals surface area contributed by atoms with Gasteiger partial charge < -0.3 is 10.4 Å². The first-order valence-corrected chi connectivity index (χ1v) is 8.95. The number of fused-ring (bicyclic) bond motifs is 2. The van der Waals surface area contributed by atoms with E-state index in [9.17, 15) is 14.7 Å². The van der Waals surface area contributed by atoms with Crippen molar-refractivity contribution >= 4 is 11.9 Å². The Kier molecular flexibility index (Phi) is 2.86. The topological polar surface area (TPSA) is 92.2 Å². The van der Waals surface area contributed by atoms with Crippen LogP contribution >= 0.6 is 0 Å². The Hall–Kier alpha value is -1.98. The second-order valence-electron chi connectivity index (χ2n) is 8.01. The molecule has 1 unspecified atom stereocenters. The molecule has 1 heterocycles. The number of aromatic nitrogens is 2. The molecule has 24 heavy (non-hydrogen) atoms. The van der Waals surface area contributed by atoms with Crippen molar-refractivity contribution in [2.24, 2.45) is 17.3 Å². The Bertz CT molecular complexity index is 745. The second kappa shape index (κ2) is 4.77. The van der Waals surface area contributed by atoms with E-state index in [0.717, 1.165) is 36.3 Å². The SMILES string of the molecule is O=C(N[C@@H]1C[C@@]2(C(=O)O)C[C@@H]12)C1CCc2nc(C3CC3)ncc2C1. The van der Waals surface area contributed by atoms with Gasteiger partial charge in [-0.25, -0.2) is 9.97 Å². The summed E-state index contributed by atoms with van der Waals surface area (Å²) in [6, 6.07) is 0.0588. The van der Waals surface area contributed by atoms with Crippen LogP contribution in [0.25, 0.3) is 0 Å². The van der Waals surface area contributed by atoms with E-state index in [1.54, 1.807) is 0 Å². The molecule has 0 aromatic carbocycles. The molecular formula is C18H21N3O3. The lowest BCUT2D eigenvalue weighted by atomic mass is 9.79. The molecule has 6 nitrogen and oxygen atoms in total. The Labute approximate surface area is 140 Å². The number of carbonyl (C=O) groups excluding carboxylic acids is 1. The van der Waals surface area contributed by atoms with Crippen molar-refractivity contribution < 1.29 is 14.7 Å². The highest BCUT2D eigenvalue weighted by molar-refractivity contribution is 5.84. The third kappa shape index (κ3) is 2.08. The summed E-state index contributed by atoms with van der Waals surface area (Å²) in [5, 5.41) is 12.3. The molecule has 1 aromatic rings. The van der Waals surface area contributed by atoms with Gasteiger partial charge in [0.05, 0.1) is 5.41 Å². The van der Waals surface area contributed by atoms with Crippen molar-refractivity contribution in [1.82, 2.24) is 15.3 Å². The Morgan fingerprint density at radius 1 is 1.25 bits per heavy atom. The van der Waals surface area contributed by atoms with Crippen LogP contribution in [-0.2, 0) is 22.4 Å². The molecule has 1 amide bonds. The van der Waals surface area contributed by atoms with Gasteiger partial charge in [0.15, 0.2) is 0 Å². The van der Waals surface area contributed by atoms with Crippen molar-refractivity contribution in [3.8, 4) is 0 Å². The average molecular weight is 327 g/mol.